The molecule has 6 heterocycles. The van der Waals surface area contributed by atoms with Crippen LogP contribution in [-0.4, -0.2) is 74.2 Å². The van der Waals surface area contributed by atoms with Gasteiger partial charge in [0.25, 0.3) is 0 Å². The maximum atomic E-state index is 12.0. The van der Waals surface area contributed by atoms with Crippen LogP contribution < -0.4 is 20.5 Å². The fourth-order valence-electron chi connectivity index (χ4n) is 6.07. The van der Waals surface area contributed by atoms with E-state index in [2.05, 4.69) is 25.7 Å². The van der Waals surface area contributed by atoms with Crippen LogP contribution in [0.5, 0.6) is 11.5 Å². The number of carbonyl (C=O) groups is 4. The van der Waals surface area contributed by atoms with Gasteiger partial charge in [-0.25, -0.2) is 4.79 Å². The molecule has 2 atom stereocenters. The van der Waals surface area contributed by atoms with Crippen LogP contribution in [0.4, 0.5) is 0 Å². The highest BCUT2D eigenvalue weighted by atomic mass is 35.5. The van der Waals surface area contributed by atoms with Crippen LogP contribution in [-0.2, 0) is 22.4 Å². The number of Topliss-reactive ketones (excluding diaryl/α,β-unsaturated/α-hetero) is 2. The van der Waals surface area contributed by atoms with Crippen molar-refractivity contribution in [1.82, 2.24) is 25.7 Å². The number of nitrogens with two attached hydrogens (primary N) is 1. The van der Waals surface area contributed by atoms with Crippen molar-refractivity contribution in [2.75, 3.05) is 13.1 Å². The van der Waals surface area contributed by atoms with Gasteiger partial charge in [0.15, 0.2) is 23.1 Å². The second-order valence-electron chi connectivity index (χ2n) is 13.5. The molecule has 6 aromatic rings. The van der Waals surface area contributed by atoms with Crippen LogP contribution in [0, 0.1) is 0 Å². The molecule has 18 heteroatoms. The number of hydrogen-bond donors (Lipinski definition) is 3. The number of carboxylic acids is 1. The Balaban J connectivity index is 0.000000195. The van der Waals surface area contributed by atoms with Crippen molar-refractivity contribution in [1.29, 1.82) is 0 Å². The predicted octanol–water partition coefficient (Wildman–Crippen LogP) is 7.79. The van der Waals surface area contributed by atoms with Crippen LogP contribution in [0.15, 0.2) is 106 Å². The normalized spacial score (nSPS) is 14.5. The van der Waals surface area contributed by atoms with Gasteiger partial charge < -0.3 is 34.5 Å². The second kappa shape index (κ2) is 21.7. The van der Waals surface area contributed by atoms with Gasteiger partial charge in [0.05, 0.1) is 28.0 Å². The molecule has 15 nitrogen and oxygen atoms in total. The summed E-state index contributed by atoms with van der Waals surface area (Å²) in [5, 5.41) is 26.9. The first kappa shape index (κ1) is 46.4. The molecule has 4 N–H and O–H groups in total. The fourth-order valence-corrected chi connectivity index (χ4v) is 6.63. The molecule has 0 aliphatic carbocycles. The average molecular weight is 902 g/mol. The first-order valence-corrected chi connectivity index (χ1v) is 19.4. The van der Waals surface area contributed by atoms with E-state index in [0.29, 0.717) is 75.5 Å². The third-order valence-electron chi connectivity index (χ3n) is 8.94. The zero-order valence-corrected chi connectivity index (χ0v) is 35.4. The largest absolute Gasteiger partial charge is 0.487 e. The van der Waals surface area contributed by atoms with Gasteiger partial charge in [-0.15, -0.1) is 12.4 Å². The van der Waals surface area contributed by atoms with Crippen molar-refractivity contribution in [3.8, 4) is 34.1 Å². The summed E-state index contributed by atoms with van der Waals surface area (Å²) in [7, 11) is 0. The van der Waals surface area contributed by atoms with E-state index in [1.165, 1.54) is 32.2 Å². The van der Waals surface area contributed by atoms with E-state index in [0.717, 1.165) is 34.8 Å². The molecule has 8 rings (SSSR count). The summed E-state index contributed by atoms with van der Waals surface area (Å²) in [6, 6.07) is 21.1. The van der Waals surface area contributed by atoms with Crippen molar-refractivity contribution in [2.45, 2.75) is 38.9 Å². The maximum Gasteiger partial charge on any atom is 0.328 e. The Hall–Kier alpha value is -6.65. The van der Waals surface area contributed by atoms with Crippen molar-refractivity contribution in [2.24, 2.45) is 5.73 Å². The second-order valence-corrected chi connectivity index (χ2v) is 14.3. The number of amides is 1. The first-order chi connectivity index (χ1) is 29.4. The number of furan rings is 2. The van der Waals surface area contributed by atoms with E-state index in [1.54, 1.807) is 72.9 Å². The van der Waals surface area contributed by atoms with E-state index in [-0.39, 0.29) is 42.1 Å². The standard InChI is InChI=1S/C22H18ClN3O4.C15H14ClNO3.C7H6N2O2.ClH/c1-13(27)19-5-6-20(30-19)14-9-15-10-17(29-22(15)18(23)11-14)12-24-21(28)7-4-16-3-2-8-25-26-16;1-8(18)13-2-3-14(20-13)9-4-10-5-11(7-17)19-15(10)12(16)6-9;10-7(11)4-3-6-2-1-5-8-9-6;/h2-9,11,17H,10,12H2,1H3,(H,24,28);2-4,6,11H,5,7,17H2,1H3;1-5H,(H,10,11);1H/b7-4+;;4-3+;. The van der Waals surface area contributed by atoms with E-state index in [1.807, 2.05) is 12.1 Å². The fraction of sp³-hybridized carbons (Fsp3) is 0.182. The van der Waals surface area contributed by atoms with Crippen molar-refractivity contribution in [3.63, 3.8) is 0 Å². The molecular formula is C44H39Cl3N6O9. The highest BCUT2D eigenvalue weighted by molar-refractivity contribution is 6.33. The Morgan fingerprint density at radius 3 is 1.66 bits per heavy atom. The van der Waals surface area contributed by atoms with Crippen molar-refractivity contribution >= 4 is 71.2 Å². The predicted molar refractivity (Wildman–Crippen MR) is 234 cm³/mol. The number of nitrogens with one attached hydrogen (secondary N) is 1. The number of rotatable bonds is 11. The quantitative estimate of drug-likeness (QED) is 0.0835. The topological polar surface area (TPSA) is 223 Å². The Morgan fingerprint density at radius 2 is 1.23 bits per heavy atom. The zero-order valence-electron chi connectivity index (χ0n) is 33.1. The number of carbonyl (C=O) groups excluding carboxylic acids is 3. The summed E-state index contributed by atoms with van der Waals surface area (Å²) >= 11 is 12.6. The lowest BCUT2D eigenvalue weighted by Crippen LogP contribution is -2.33. The van der Waals surface area contributed by atoms with E-state index in [9.17, 15) is 19.2 Å². The molecule has 2 aromatic carbocycles. The number of ether oxygens (including phenoxy) is 2. The van der Waals surface area contributed by atoms with E-state index < -0.39 is 5.97 Å². The average Bonchev–Trinajstić information content (AvgIpc) is 4.09. The van der Waals surface area contributed by atoms with Gasteiger partial charge in [0, 0.05) is 80.0 Å². The van der Waals surface area contributed by atoms with Gasteiger partial charge in [-0.2, -0.15) is 20.4 Å². The Labute approximate surface area is 371 Å². The van der Waals surface area contributed by atoms with Crippen molar-refractivity contribution in [3.05, 3.63) is 141 Å². The van der Waals surface area contributed by atoms with Crippen molar-refractivity contribution < 1.29 is 42.6 Å². The molecule has 0 spiro atoms. The minimum Gasteiger partial charge on any atom is -0.487 e. The number of benzene rings is 2. The van der Waals surface area contributed by atoms with Crippen LogP contribution in [0.2, 0.25) is 10.0 Å². The third kappa shape index (κ3) is 12.5. The molecule has 1 amide bonds. The molecule has 0 saturated carbocycles. The van der Waals surface area contributed by atoms with Crippen LogP contribution >= 0.6 is 35.6 Å². The van der Waals surface area contributed by atoms with Crippen LogP contribution in [0.1, 0.15) is 57.5 Å². The number of nitrogens with zero attached hydrogens (tertiary/aromatic N) is 4. The summed E-state index contributed by atoms with van der Waals surface area (Å²) in [6.07, 6.45) is 9.56. The Kier molecular flexibility index (Phi) is 16.3. The van der Waals surface area contributed by atoms with Crippen LogP contribution in [0.3, 0.4) is 0 Å². The molecule has 4 aromatic heterocycles. The molecule has 2 aliphatic heterocycles. The molecule has 0 fully saturated rings. The van der Waals surface area contributed by atoms with E-state index >= 15 is 0 Å². The molecule has 0 bridgehead atoms. The number of ketones is 2. The minimum atomic E-state index is -0.990. The lowest BCUT2D eigenvalue weighted by atomic mass is 10.0. The lowest BCUT2D eigenvalue weighted by Gasteiger charge is -2.11. The summed E-state index contributed by atoms with van der Waals surface area (Å²) in [5.41, 5.74) is 10.3. The number of hydrogen-bond acceptors (Lipinski definition) is 13. The SMILES string of the molecule is CC(=O)c1ccc(-c2cc(Cl)c3c(c2)CC(CN)O3)o1.CC(=O)c1ccc(-c2cc(Cl)c3c(c2)CC(CNC(=O)/C=C/c2cccnn2)O3)o1.Cl.O=C(O)/C=C/c1cccnn1. The molecule has 320 valence electrons. The molecule has 0 saturated heterocycles. The summed E-state index contributed by atoms with van der Waals surface area (Å²) in [5.74, 6) is 1.65. The summed E-state index contributed by atoms with van der Waals surface area (Å²) in [6.45, 7) is 3.71. The Bertz CT molecular complexity index is 2600. The Morgan fingerprint density at radius 1 is 0.742 bits per heavy atom. The lowest BCUT2D eigenvalue weighted by molar-refractivity contribution is -0.131. The highest BCUT2D eigenvalue weighted by Crippen LogP contribution is 2.41. The first-order valence-electron chi connectivity index (χ1n) is 18.7. The number of aromatic nitrogens is 4. The van der Waals surface area contributed by atoms with Gasteiger partial charge in [0.1, 0.15) is 35.2 Å². The number of fused-ring (bicyclic) bond motifs is 2. The number of halogens is 3. The number of aliphatic carboxylic acids is 1. The maximum absolute atomic E-state index is 12.0. The smallest absolute Gasteiger partial charge is 0.328 e. The third-order valence-corrected chi connectivity index (χ3v) is 9.50. The molecule has 2 unspecified atom stereocenters. The van der Waals surface area contributed by atoms with Crippen LogP contribution in [0.25, 0.3) is 34.8 Å². The molecule has 62 heavy (non-hydrogen) atoms. The van der Waals surface area contributed by atoms with Gasteiger partial charge in [-0.05, 0) is 84.9 Å². The monoisotopic (exact) mass is 900 g/mol. The molecule has 2 aliphatic rings. The van der Waals surface area contributed by atoms with Gasteiger partial charge in [-0.1, -0.05) is 23.2 Å². The summed E-state index contributed by atoms with van der Waals surface area (Å²) < 4.78 is 22.7. The highest BCUT2D eigenvalue weighted by Gasteiger charge is 2.28. The molecular weight excluding hydrogens is 863 g/mol. The molecule has 0 radical (unpaired) electrons. The minimum absolute atomic E-state index is 0. The van der Waals surface area contributed by atoms with Gasteiger partial charge in [0.2, 0.25) is 5.91 Å². The zero-order chi connectivity index (χ0) is 43.5. The van der Waals surface area contributed by atoms with E-state index in [4.69, 9.17) is 52.4 Å². The van der Waals surface area contributed by atoms with Gasteiger partial charge in [-0.3, -0.25) is 14.4 Å². The number of carboxylic acid groups (broad SMARTS) is 1. The summed E-state index contributed by atoms with van der Waals surface area (Å²) in [4.78, 5) is 44.8. The van der Waals surface area contributed by atoms with Gasteiger partial charge >= 0.3 is 5.97 Å².